The van der Waals surface area contributed by atoms with Crippen molar-refractivity contribution < 1.29 is 17.9 Å². The van der Waals surface area contributed by atoms with E-state index in [9.17, 15) is 13.2 Å². The Morgan fingerprint density at radius 3 is 2.53 bits per heavy atom. The molecular formula is C12H10F3NO. The molecule has 0 aliphatic carbocycles. The lowest BCUT2D eigenvalue weighted by molar-refractivity contribution is -0.274. The van der Waals surface area contributed by atoms with Crippen molar-refractivity contribution in [3.63, 3.8) is 0 Å². The SMILES string of the molecule is Cc1cc(N)cc2cccc(OC(F)(F)F)c12. The molecule has 2 aromatic carbocycles. The summed E-state index contributed by atoms with van der Waals surface area (Å²) in [4.78, 5) is 0. The maximum absolute atomic E-state index is 12.2. The van der Waals surface area contributed by atoms with E-state index in [2.05, 4.69) is 4.74 Å². The van der Waals surface area contributed by atoms with Crippen LogP contribution in [0.5, 0.6) is 5.75 Å². The van der Waals surface area contributed by atoms with Gasteiger partial charge in [0, 0.05) is 11.1 Å². The summed E-state index contributed by atoms with van der Waals surface area (Å²) in [6.45, 7) is 1.70. The van der Waals surface area contributed by atoms with Crippen molar-refractivity contribution in [3.8, 4) is 5.75 Å². The number of hydrogen-bond donors (Lipinski definition) is 1. The molecule has 17 heavy (non-hydrogen) atoms. The highest BCUT2D eigenvalue weighted by atomic mass is 19.4. The number of rotatable bonds is 1. The lowest BCUT2D eigenvalue weighted by Crippen LogP contribution is -2.17. The monoisotopic (exact) mass is 241 g/mol. The van der Waals surface area contributed by atoms with E-state index in [0.29, 0.717) is 22.0 Å². The molecule has 0 aromatic heterocycles. The maximum atomic E-state index is 12.2. The molecule has 2 N–H and O–H groups in total. The molecule has 0 spiro atoms. The van der Waals surface area contributed by atoms with Crippen LogP contribution in [0.15, 0.2) is 30.3 Å². The number of nitrogen functional groups attached to an aromatic ring is 1. The van der Waals surface area contributed by atoms with Gasteiger partial charge in [-0.3, -0.25) is 0 Å². The Hall–Kier alpha value is -1.91. The summed E-state index contributed by atoms with van der Waals surface area (Å²) in [5, 5.41) is 1.06. The van der Waals surface area contributed by atoms with Gasteiger partial charge < -0.3 is 10.5 Å². The lowest BCUT2D eigenvalue weighted by atomic mass is 10.0. The second-order valence-electron chi connectivity index (χ2n) is 3.74. The smallest absolute Gasteiger partial charge is 0.405 e. The first-order chi connectivity index (χ1) is 7.87. The summed E-state index contributed by atoms with van der Waals surface area (Å²) < 4.78 is 40.7. The second kappa shape index (κ2) is 3.84. The van der Waals surface area contributed by atoms with Crippen molar-refractivity contribution in [2.45, 2.75) is 13.3 Å². The lowest BCUT2D eigenvalue weighted by Gasteiger charge is -2.13. The van der Waals surface area contributed by atoms with Gasteiger partial charge in [-0.1, -0.05) is 12.1 Å². The number of nitrogens with two attached hydrogens (primary N) is 1. The first-order valence-electron chi connectivity index (χ1n) is 4.91. The van der Waals surface area contributed by atoms with Gasteiger partial charge in [0.15, 0.2) is 0 Å². The van der Waals surface area contributed by atoms with Crippen LogP contribution in [0, 0.1) is 6.92 Å². The van der Waals surface area contributed by atoms with E-state index in [-0.39, 0.29) is 5.75 Å². The molecule has 0 atom stereocenters. The Bertz CT molecular complexity index is 563. The number of fused-ring (bicyclic) bond motifs is 1. The first-order valence-corrected chi connectivity index (χ1v) is 4.91. The standard InChI is InChI=1S/C12H10F3NO/c1-7-5-9(16)6-8-3-2-4-10(11(7)8)17-12(13,14)15/h2-6H,16H2,1H3. The van der Waals surface area contributed by atoms with Gasteiger partial charge >= 0.3 is 6.36 Å². The van der Waals surface area contributed by atoms with E-state index in [1.165, 1.54) is 12.1 Å². The van der Waals surface area contributed by atoms with E-state index in [0.717, 1.165) is 0 Å². The van der Waals surface area contributed by atoms with Crippen LogP contribution in [-0.2, 0) is 0 Å². The fraction of sp³-hybridized carbons (Fsp3) is 0.167. The molecule has 0 saturated heterocycles. The van der Waals surface area contributed by atoms with Gasteiger partial charge in [0.1, 0.15) is 5.75 Å². The molecule has 2 aromatic rings. The van der Waals surface area contributed by atoms with Crippen LogP contribution in [0.1, 0.15) is 5.56 Å². The fourth-order valence-electron chi connectivity index (χ4n) is 1.84. The van der Waals surface area contributed by atoms with Gasteiger partial charge in [-0.05, 0) is 36.1 Å². The maximum Gasteiger partial charge on any atom is 0.573 e. The third-order valence-electron chi connectivity index (χ3n) is 2.38. The zero-order chi connectivity index (χ0) is 12.6. The minimum atomic E-state index is -4.69. The molecule has 0 aliphatic rings. The number of alkyl halides is 3. The predicted octanol–water partition coefficient (Wildman–Crippen LogP) is 3.63. The number of benzene rings is 2. The Balaban J connectivity index is 2.65. The summed E-state index contributed by atoms with van der Waals surface area (Å²) in [5.41, 5.74) is 6.80. The molecule has 0 bridgehead atoms. The largest absolute Gasteiger partial charge is 0.573 e. The Kier molecular flexibility index (Phi) is 2.61. The van der Waals surface area contributed by atoms with Crippen LogP contribution in [0.3, 0.4) is 0 Å². The molecule has 2 rings (SSSR count). The van der Waals surface area contributed by atoms with Crippen LogP contribution in [0.4, 0.5) is 18.9 Å². The van der Waals surface area contributed by atoms with Crippen LogP contribution in [0.25, 0.3) is 10.8 Å². The molecule has 90 valence electrons. The fourth-order valence-corrected chi connectivity index (χ4v) is 1.84. The summed E-state index contributed by atoms with van der Waals surface area (Å²) in [5.74, 6) is -0.201. The van der Waals surface area contributed by atoms with Crippen LogP contribution < -0.4 is 10.5 Å². The molecule has 0 saturated carbocycles. The minimum Gasteiger partial charge on any atom is -0.405 e. The number of aryl methyl sites for hydroxylation is 1. The number of hydrogen-bond acceptors (Lipinski definition) is 2. The van der Waals surface area contributed by atoms with Gasteiger partial charge in [-0.2, -0.15) is 0 Å². The minimum absolute atomic E-state index is 0.201. The number of ether oxygens (including phenoxy) is 1. The van der Waals surface area contributed by atoms with E-state index in [1.54, 1.807) is 25.1 Å². The molecule has 2 nitrogen and oxygen atoms in total. The van der Waals surface area contributed by atoms with E-state index < -0.39 is 6.36 Å². The molecule has 5 heteroatoms. The van der Waals surface area contributed by atoms with Crippen LogP contribution in [-0.4, -0.2) is 6.36 Å². The third kappa shape index (κ3) is 2.43. The van der Waals surface area contributed by atoms with Gasteiger partial charge in [-0.15, -0.1) is 13.2 Å². The molecule has 0 heterocycles. The highest BCUT2D eigenvalue weighted by Gasteiger charge is 2.31. The zero-order valence-electron chi connectivity index (χ0n) is 9.01. The molecular weight excluding hydrogens is 231 g/mol. The van der Waals surface area contributed by atoms with Gasteiger partial charge in [0.2, 0.25) is 0 Å². The van der Waals surface area contributed by atoms with Crippen LogP contribution in [0.2, 0.25) is 0 Å². The predicted molar refractivity (Wildman–Crippen MR) is 59.8 cm³/mol. The Morgan fingerprint density at radius 1 is 1.18 bits per heavy atom. The molecule has 0 unspecified atom stereocenters. The number of anilines is 1. The Labute approximate surface area is 95.8 Å². The van der Waals surface area contributed by atoms with Crippen LogP contribution >= 0.6 is 0 Å². The summed E-state index contributed by atoms with van der Waals surface area (Å²) in [7, 11) is 0. The van der Waals surface area contributed by atoms with Gasteiger partial charge in [0.25, 0.3) is 0 Å². The topological polar surface area (TPSA) is 35.2 Å². The quantitative estimate of drug-likeness (QED) is 0.774. The molecule has 0 fully saturated rings. The first kappa shape index (κ1) is 11.6. The van der Waals surface area contributed by atoms with Crippen molar-refractivity contribution in [1.82, 2.24) is 0 Å². The van der Waals surface area contributed by atoms with Crippen molar-refractivity contribution in [2.24, 2.45) is 0 Å². The van der Waals surface area contributed by atoms with Crippen molar-refractivity contribution in [1.29, 1.82) is 0 Å². The molecule has 0 aliphatic heterocycles. The highest BCUT2D eigenvalue weighted by molar-refractivity contribution is 5.93. The molecule has 0 radical (unpaired) electrons. The summed E-state index contributed by atoms with van der Waals surface area (Å²) >= 11 is 0. The zero-order valence-corrected chi connectivity index (χ0v) is 9.01. The van der Waals surface area contributed by atoms with Crippen molar-refractivity contribution >= 4 is 16.5 Å². The average molecular weight is 241 g/mol. The summed E-state index contributed by atoms with van der Waals surface area (Å²) in [6.07, 6.45) is -4.69. The Morgan fingerprint density at radius 2 is 1.88 bits per heavy atom. The average Bonchev–Trinajstić information content (AvgIpc) is 2.13. The normalized spacial score (nSPS) is 11.8. The third-order valence-corrected chi connectivity index (χ3v) is 2.38. The highest BCUT2D eigenvalue weighted by Crippen LogP contribution is 2.33. The summed E-state index contributed by atoms with van der Waals surface area (Å²) in [6, 6.07) is 7.72. The van der Waals surface area contributed by atoms with E-state index in [1.807, 2.05) is 0 Å². The van der Waals surface area contributed by atoms with E-state index in [4.69, 9.17) is 5.73 Å². The number of halogens is 3. The van der Waals surface area contributed by atoms with Gasteiger partial charge in [0.05, 0.1) is 0 Å². The molecule has 0 amide bonds. The van der Waals surface area contributed by atoms with E-state index >= 15 is 0 Å². The van der Waals surface area contributed by atoms with Crippen molar-refractivity contribution in [3.05, 3.63) is 35.9 Å². The van der Waals surface area contributed by atoms with Gasteiger partial charge in [-0.25, -0.2) is 0 Å². The van der Waals surface area contributed by atoms with Crippen molar-refractivity contribution in [2.75, 3.05) is 5.73 Å². The second-order valence-corrected chi connectivity index (χ2v) is 3.74.